The summed E-state index contributed by atoms with van der Waals surface area (Å²) in [6.07, 6.45) is 4.65. The number of aliphatic hydroxyl groups is 1. The highest BCUT2D eigenvalue weighted by Crippen LogP contribution is 2.31. The van der Waals surface area contributed by atoms with E-state index in [0.717, 1.165) is 6.42 Å². The van der Waals surface area contributed by atoms with E-state index in [-0.39, 0.29) is 12.0 Å². The van der Waals surface area contributed by atoms with Gasteiger partial charge in [-0.3, -0.25) is 9.00 Å². The molecule has 3 N–H and O–H groups in total. The van der Waals surface area contributed by atoms with Crippen molar-refractivity contribution in [1.82, 2.24) is 5.32 Å². The van der Waals surface area contributed by atoms with Crippen LogP contribution in [0.15, 0.2) is 0 Å². The highest BCUT2D eigenvalue weighted by atomic mass is 32.2. The third-order valence-corrected chi connectivity index (χ3v) is 4.69. The molecule has 2 atom stereocenters. The molecule has 0 heterocycles. The first kappa shape index (κ1) is 16.6. The third-order valence-electron chi connectivity index (χ3n) is 3.88. The lowest BCUT2D eigenvalue weighted by Crippen LogP contribution is -2.46. The molecule has 0 bridgehead atoms. The van der Waals surface area contributed by atoms with E-state index in [1.54, 1.807) is 6.26 Å². The molecule has 5 nitrogen and oxygen atoms in total. The van der Waals surface area contributed by atoms with Gasteiger partial charge in [-0.1, -0.05) is 0 Å². The average molecular weight is 291 g/mol. The van der Waals surface area contributed by atoms with Gasteiger partial charge in [-0.2, -0.15) is 0 Å². The van der Waals surface area contributed by atoms with Crippen molar-refractivity contribution in [1.29, 1.82) is 0 Å². The summed E-state index contributed by atoms with van der Waals surface area (Å²) in [5, 5.41) is 22.6. The van der Waals surface area contributed by atoms with Gasteiger partial charge in [0.05, 0.1) is 11.5 Å². The Morgan fingerprint density at radius 1 is 1.47 bits per heavy atom. The zero-order chi connectivity index (χ0) is 14.5. The van der Waals surface area contributed by atoms with Crippen molar-refractivity contribution >= 4 is 16.8 Å². The topological polar surface area (TPSA) is 86.6 Å². The van der Waals surface area contributed by atoms with Crippen molar-refractivity contribution in [2.45, 2.75) is 50.7 Å². The van der Waals surface area contributed by atoms with Crippen LogP contribution in [-0.4, -0.2) is 50.6 Å². The normalized spacial score (nSPS) is 30.8. The van der Waals surface area contributed by atoms with Gasteiger partial charge in [0.25, 0.3) is 0 Å². The van der Waals surface area contributed by atoms with Gasteiger partial charge in [0.1, 0.15) is 0 Å². The number of carboxylic acid groups (broad SMARTS) is 1. The Bertz CT molecular complexity index is 327. The molecule has 1 aliphatic carbocycles. The smallest absolute Gasteiger partial charge is 0.306 e. The minimum atomic E-state index is -0.786. The van der Waals surface area contributed by atoms with Crippen molar-refractivity contribution < 1.29 is 19.2 Å². The maximum atomic E-state index is 11.0. The second-order valence-electron chi connectivity index (χ2n) is 5.68. The first-order valence-corrected chi connectivity index (χ1v) is 8.54. The lowest BCUT2D eigenvalue weighted by atomic mass is 9.78. The number of rotatable bonds is 7. The Morgan fingerprint density at radius 3 is 2.53 bits per heavy atom. The van der Waals surface area contributed by atoms with E-state index in [9.17, 15) is 14.1 Å². The molecule has 0 radical (unpaired) electrons. The molecule has 0 aromatic rings. The number of carboxylic acids is 1. The van der Waals surface area contributed by atoms with Crippen molar-refractivity contribution in [2.75, 3.05) is 18.6 Å². The van der Waals surface area contributed by atoms with Crippen LogP contribution in [0, 0.1) is 5.92 Å². The van der Waals surface area contributed by atoms with Gasteiger partial charge in [-0.15, -0.1) is 0 Å². The Kier molecular flexibility index (Phi) is 6.42. The minimum Gasteiger partial charge on any atom is -0.481 e. The molecule has 6 heteroatoms. The van der Waals surface area contributed by atoms with Crippen molar-refractivity contribution in [2.24, 2.45) is 5.92 Å². The Balaban J connectivity index is 2.29. The second kappa shape index (κ2) is 7.36. The molecule has 1 fully saturated rings. The molecule has 0 aromatic carbocycles. The number of hydrogen-bond acceptors (Lipinski definition) is 4. The third kappa shape index (κ3) is 6.01. The van der Waals surface area contributed by atoms with Gasteiger partial charge in [0, 0.05) is 35.4 Å². The maximum Gasteiger partial charge on any atom is 0.306 e. The van der Waals surface area contributed by atoms with Gasteiger partial charge in [-0.05, 0) is 39.0 Å². The predicted molar refractivity (Wildman–Crippen MR) is 75.6 cm³/mol. The number of nitrogens with one attached hydrogen (secondary N) is 1. The van der Waals surface area contributed by atoms with Crippen LogP contribution in [0.5, 0.6) is 0 Å². The molecule has 19 heavy (non-hydrogen) atoms. The number of hydrogen-bond donors (Lipinski definition) is 3. The first-order chi connectivity index (χ1) is 8.82. The maximum absolute atomic E-state index is 11.0. The predicted octanol–water partition coefficient (Wildman–Crippen LogP) is 0.739. The van der Waals surface area contributed by atoms with E-state index in [4.69, 9.17) is 5.11 Å². The Labute approximate surface area is 117 Å². The van der Waals surface area contributed by atoms with Gasteiger partial charge in [0.15, 0.2) is 0 Å². The minimum absolute atomic E-state index is 0.213. The molecule has 0 aliphatic heterocycles. The van der Waals surface area contributed by atoms with Gasteiger partial charge in [-0.25, -0.2) is 0 Å². The van der Waals surface area contributed by atoms with E-state index >= 15 is 0 Å². The van der Waals surface area contributed by atoms with E-state index in [1.165, 1.54) is 0 Å². The summed E-state index contributed by atoms with van der Waals surface area (Å²) < 4.78 is 11.0. The largest absolute Gasteiger partial charge is 0.481 e. The first-order valence-electron chi connectivity index (χ1n) is 6.81. The monoisotopic (exact) mass is 291 g/mol. The highest BCUT2D eigenvalue weighted by molar-refractivity contribution is 7.84. The summed E-state index contributed by atoms with van der Waals surface area (Å²) in [7, 11) is -0.783. The number of aliphatic carboxylic acids is 1. The molecular formula is C13H25NO4S. The standard InChI is InChI=1S/C13H25NO4S/c1-10(5-8-19(2)18)14-9-13(17)6-3-11(4-7-13)12(15)16/h10-11,14,17H,3-9H2,1-2H3,(H,15,16). The van der Waals surface area contributed by atoms with Gasteiger partial charge >= 0.3 is 5.97 Å². The summed E-state index contributed by atoms with van der Waals surface area (Å²) >= 11 is 0. The lowest BCUT2D eigenvalue weighted by molar-refractivity contribution is -0.144. The van der Waals surface area contributed by atoms with Gasteiger partial charge in [0.2, 0.25) is 0 Å². The summed E-state index contributed by atoms with van der Waals surface area (Å²) in [6.45, 7) is 2.50. The van der Waals surface area contributed by atoms with Crippen LogP contribution in [0.3, 0.4) is 0 Å². The fourth-order valence-electron chi connectivity index (χ4n) is 2.39. The second-order valence-corrected chi connectivity index (χ2v) is 7.24. The van der Waals surface area contributed by atoms with Crippen molar-refractivity contribution in [3.63, 3.8) is 0 Å². The van der Waals surface area contributed by atoms with Crippen LogP contribution in [0.25, 0.3) is 0 Å². The summed E-state index contributed by atoms with van der Waals surface area (Å²) in [5.41, 5.74) is -0.786. The zero-order valence-corrected chi connectivity index (χ0v) is 12.5. The highest BCUT2D eigenvalue weighted by Gasteiger charge is 2.35. The zero-order valence-electron chi connectivity index (χ0n) is 11.7. The molecular weight excluding hydrogens is 266 g/mol. The average Bonchev–Trinajstić information content (AvgIpc) is 2.34. The fraction of sp³-hybridized carbons (Fsp3) is 0.923. The molecule has 0 aromatic heterocycles. The Hall–Kier alpha value is -0.460. The molecule has 1 rings (SSSR count). The van der Waals surface area contributed by atoms with Crippen LogP contribution in [0.2, 0.25) is 0 Å². The number of carbonyl (C=O) groups is 1. The SMILES string of the molecule is CC(CCS(C)=O)NCC1(O)CCC(C(=O)O)CC1. The molecule has 112 valence electrons. The van der Waals surface area contributed by atoms with Crippen LogP contribution >= 0.6 is 0 Å². The molecule has 0 amide bonds. The van der Waals surface area contributed by atoms with Crippen molar-refractivity contribution in [3.05, 3.63) is 0 Å². The molecule has 1 saturated carbocycles. The van der Waals surface area contributed by atoms with Crippen LogP contribution < -0.4 is 5.32 Å². The summed E-state index contributed by atoms with van der Waals surface area (Å²) in [6, 6.07) is 0.213. The van der Waals surface area contributed by atoms with E-state index in [0.29, 0.717) is 38.0 Å². The summed E-state index contributed by atoms with van der Waals surface area (Å²) in [5.74, 6) is -0.401. The Morgan fingerprint density at radius 2 is 2.05 bits per heavy atom. The fourth-order valence-corrected chi connectivity index (χ4v) is 3.07. The van der Waals surface area contributed by atoms with Crippen LogP contribution in [0.4, 0.5) is 0 Å². The van der Waals surface area contributed by atoms with Crippen LogP contribution in [0.1, 0.15) is 39.0 Å². The van der Waals surface area contributed by atoms with E-state index in [2.05, 4.69) is 5.32 Å². The quantitative estimate of drug-likeness (QED) is 0.644. The lowest BCUT2D eigenvalue weighted by Gasteiger charge is -2.35. The van der Waals surface area contributed by atoms with Crippen molar-refractivity contribution in [3.8, 4) is 0 Å². The molecule has 2 unspecified atom stereocenters. The summed E-state index contributed by atoms with van der Waals surface area (Å²) in [4.78, 5) is 10.9. The van der Waals surface area contributed by atoms with Crippen LogP contribution in [-0.2, 0) is 15.6 Å². The van der Waals surface area contributed by atoms with E-state index in [1.807, 2.05) is 6.92 Å². The molecule has 0 spiro atoms. The van der Waals surface area contributed by atoms with E-state index < -0.39 is 22.4 Å². The van der Waals surface area contributed by atoms with Gasteiger partial charge < -0.3 is 15.5 Å². The molecule has 0 saturated heterocycles. The molecule has 1 aliphatic rings.